The third-order valence-corrected chi connectivity index (χ3v) is 5.20. The number of unbranched alkanes of at least 4 members (excludes halogenated alkanes) is 3. The molecule has 1 saturated heterocycles. The summed E-state index contributed by atoms with van der Waals surface area (Å²) in [6.07, 6.45) is -1.08. The molecule has 0 radical (unpaired) electrons. The first-order valence-corrected chi connectivity index (χ1v) is 11.0. The summed E-state index contributed by atoms with van der Waals surface area (Å²) in [7, 11) is 0. The van der Waals surface area contributed by atoms with Gasteiger partial charge in [-0.1, -0.05) is 12.8 Å². The van der Waals surface area contributed by atoms with E-state index in [4.69, 9.17) is 20.9 Å². The molecule has 1 aliphatic heterocycles. The van der Waals surface area contributed by atoms with Crippen LogP contribution in [0.3, 0.4) is 0 Å². The number of hydrogen-bond donors (Lipinski definition) is 7. The largest absolute Gasteiger partial charge is 0.388 e. The molecule has 11 nitrogen and oxygen atoms in total. The maximum absolute atomic E-state index is 12.3. The van der Waals surface area contributed by atoms with Crippen LogP contribution in [-0.4, -0.2) is 89.6 Å². The van der Waals surface area contributed by atoms with Crippen molar-refractivity contribution in [2.45, 2.75) is 95.2 Å². The third-order valence-electron chi connectivity index (χ3n) is 5.20. The van der Waals surface area contributed by atoms with Gasteiger partial charge in [-0.3, -0.25) is 9.59 Å². The molecule has 9 N–H and O–H groups in total. The van der Waals surface area contributed by atoms with Crippen molar-refractivity contribution in [3.8, 4) is 0 Å². The predicted octanol–water partition coefficient (Wildman–Crippen LogP) is -1.92. The SMILES string of the molecule is CC1OC(OCCCCCCNC(=O)[C@H](CCCN)NC(=O)[C@@H](C)N)C(O)C(O)C1O. The Hall–Kier alpha value is -1.34. The summed E-state index contributed by atoms with van der Waals surface area (Å²) in [6, 6.07) is -1.33. The van der Waals surface area contributed by atoms with Gasteiger partial charge in [0.2, 0.25) is 11.8 Å². The molecule has 0 aromatic heterocycles. The van der Waals surface area contributed by atoms with Crippen molar-refractivity contribution < 1.29 is 34.4 Å². The van der Waals surface area contributed by atoms with E-state index >= 15 is 0 Å². The van der Waals surface area contributed by atoms with Gasteiger partial charge in [-0.2, -0.15) is 0 Å². The van der Waals surface area contributed by atoms with Crippen molar-refractivity contribution in [2.24, 2.45) is 11.5 Å². The second-order valence-electron chi connectivity index (χ2n) is 8.04. The van der Waals surface area contributed by atoms with Gasteiger partial charge < -0.3 is 46.9 Å². The molecule has 7 atom stereocenters. The second-order valence-corrected chi connectivity index (χ2v) is 8.04. The van der Waals surface area contributed by atoms with Crippen molar-refractivity contribution >= 4 is 11.8 Å². The van der Waals surface area contributed by atoms with Gasteiger partial charge >= 0.3 is 0 Å². The highest BCUT2D eigenvalue weighted by atomic mass is 16.7. The Morgan fingerprint density at radius 3 is 2.35 bits per heavy atom. The number of aliphatic hydroxyl groups is 3. The van der Waals surface area contributed by atoms with E-state index in [9.17, 15) is 24.9 Å². The number of aliphatic hydroxyl groups excluding tert-OH is 3. The first kappa shape index (κ1) is 27.7. The molecule has 0 bridgehead atoms. The first-order valence-electron chi connectivity index (χ1n) is 11.0. The Kier molecular flexibility index (Phi) is 13.1. The minimum Gasteiger partial charge on any atom is -0.388 e. The molecule has 1 fully saturated rings. The molecule has 2 amide bonds. The fourth-order valence-corrected chi connectivity index (χ4v) is 3.16. The number of rotatable bonds is 14. The van der Waals surface area contributed by atoms with Crippen molar-refractivity contribution in [1.82, 2.24) is 10.6 Å². The number of nitrogens with two attached hydrogens (primary N) is 2. The highest BCUT2D eigenvalue weighted by Crippen LogP contribution is 2.22. The summed E-state index contributed by atoms with van der Waals surface area (Å²) in [4.78, 5) is 24.1. The molecule has 1 heterocycles. The van der Waals surface area contributed by atoms with E-state index in [1.165, 1.54) is 0 Å². The summed E-state index contributed by atoms with van der Waals surface area (Å²) in [5.41, 5.74) is 11.0. The topological polar surface area (TPSA) is 189 Å². The zero-order valence-corrected chi connectivity index (χ0v) is 18.5. The van der Waals surface area contributed by atoms with Crippen molar-refractivity contribution in [2.75, 3.05) is 19.7 Å². The Bertz CT molecular complexity index is 538. The number of carbonyl (C=O) groups is 2. The van der Waals surface area contributed by atoms with E-state index in [2.05, 4.69) is 10.6 Å². The minimum atomic E-state index is -1.30. The smallest absolute Gasteiger partial charge is 0.242 e. The van der Waals surface area contributed by atoms with Gasteiger partial charge in [0, 0.05) is 13.2 Å². The van der Waals surface area contributed by atoms with Crippen molar-refractivity contribution in [3.63, 3.8) is 0 Å². The molecular formula is C20H40N4O7. The van der Waals surface area contributed by atoms with Crippen LogP contribution in [0.4, 0.5) is 0 Å². The minimum absolute atomic E-state index is 0.246. The maximum Gasteiger partial charge on any atom is 0.242 e. The van der Waals surface area contributed by atoms with Crippen LogP contribution in [0.25, 0.3) is 0 Å². The van der Waals surface area contributed by atoms with E-state index in [0.29, 0.717) is 32.5 Å². The lowest BCUT2D eigenvalue weighted by Crippen LogP contribution is -2.57. The quantitative estimate of drug-likeness (QED) is 0.148. The summed E-state index contributed by atoms with van der Waals surface area (Å²) < 4.78 is 10.9. The lowest BCUT2D eigenvalue weighted by molar-refractivity contribution is -0.293. The highest BCUT2D eigenvalue weighted by Gasteiger charge is 2.42. The van der Waals surface area contributed by atoms with Crippen LogP contribution in [-0.2, 0) is 19.1 Å². The van der Waals surface area contributed by atoms with E-state index in [-0.39, 0.29) is 11.8 Å². The van der Waals surface area contributed by atoms with Crippen LogP contribution in [0.1, 0.15) is 52.4 Å². The fourth-order valence-electron chi connectivity index (χ4n) is 3.16. The fraction of sp³-hybridized carbons (Fsp3) is 0.900. The third kappa shape index (κ3) is 9.77. The zero-order valence-electron chi connectivity index (χ0n) is 18.5. The van der Waals surface area contributed by atoms with Crippen LogP contribution < -0.4 is 22.1 Å². The van der Waals surface area contributed by atoms with Gasteiger partial charge in [0.1, 0.15) is 24.4 Å². The van der Waals surface area contributed by atoms with Crippen LogP contribution in [0.15, 0.2) is 0 Å². The van der Waals surface area contributed by atoms with Crippen LogP contribution in [0, 0.1) is 0 Å². The highest BCUT2D eigenvalue weighted by molar-refractivity contribution is 5.89. The summed E-state index contributed by atoms with van der Waals surface area (Å²) in [5.74, 6) is -0.621. The Morgan fingerprint density at radius 1 is 1.03 bits per heavy atom. The number of hydrogen-bond acceptors (Lipinski definition) is 9. The van der Waals surface area contributed by atoms with Gasteiger partial charge in [0.15, 0.2) is 6.29 Å². The molecule has 1 rings (SSSR count). The zero-order chi connectivity index (χ0) is 23.4. The van der Waals surface area contributed by atoms with E-state index in [0.717, 1.165) is 25.7 Å². The number of ether oxygens (including phenoxy) is 2. The van der Waals surface area contributed by atoms with Gasteiger partial charge in [-0.05, 0) is 46.1 Å². The summed E-state index contributed by atoms with van der Waals surface area (Å²) in [6.45, 7) is 4.42. The van der Waals surface area contributed by atoms with Crippen LogP contribution in [0.2, 0.25) is 0 Å². The molecule has 11 heteroatoms. The monoisotopic (exact) mass is 448 g/mol. The van der Waals surface area contributed by atoms with Crippen LogP contribution >= 0.6 is 0 Å². The van der Waals surface area contributed by atoms with Gasteiger partial charge in [-0.15, -0.1) is 0 Å². The Labute approximate surface area is 183 Å². The van der Waals surface area contributed by atoms with E-state index in [1.54, 1.807) is 13.8 Å². The van der Waals surface area contributed by atoms with Gasteiger partial charge in [0.25, 0.3) is 0 Å². The van der Waals surface area contributed by atoms with Crippen LogP contribution in [0.5, 0.6) is 0 Å². The van der Waals surface area contributed by atoms with E-state index in [1.807, 2.05) is 0 Å². The molecular weight excluding hydrogens is 408 g/mol. The number of nitrogens with one attached hydrogen (secondary N) is 2. The summed E-state index contributed by atoms with van der Waals surface area (Å²) >= 11 is 0. The first-order chi connectivity index (χ1) is 14.7. The molecule has 1 aliphatic rings. The molecule has 0 aromatic carbocycles. The summed E-state index contributed by atoms with van der Waals surface area (Å²) in [5, 5.41) is 34.8. The second kappa shape index (κ2) is 14.7. The van der Waals surface area contributed by atoms with Gasteiger partial charge in [0.05, 0.1) is 12.1 Å². The number of amides is 2. The average molecular weight is 449 g/mol. The van der Waals surface area contributed by atoms with E-state index < -0.39 is 42.8 Å². The molecule has 31 heavy (non-hydrogen) atoms. The van der Waals surface area contributed by atoms with Crippen molar-refractivity contribution in [1.29, 1.82) is 0 Å². The lowest BCUT2D eigenvalue weighted by Gasteiger charge is -2.38. The molecule has 0 spiro atoms. The predicted molar refractivity (Wildman–Crippen MR) is 114 cm³/mol. The standard InChI is InChI=1S/C20H40N4O7/c1-12(22)18(28)24-14(8-7-9-21)19(29)23-10-5-3-4-6-11-30-20-17(27)16(26)15(25)13(2)31-20/h12-17,20,25-27H,3-11,21-22H2,1-2H3,(H,23,29)(H,24,28)/t12-,13?,14+,15?,16?,17?,20?/m1/s1. The van der Waals surface area contributed by atoms with Gasteiger partial charge in [-0.25, -0.2) is 0 Å². The average Bonchev–Trinajstić information content (AvgIpc) is 2.74. The molecule has 5 unspecified atom stereocenters. The molecule has 0 saturated carbocycles. The molecule has 0 aromatic rings. The number of carbonyl (C=O) groups excluding carboxylic acids is 2. The van der Waals surface area contributed by atoms with Crippen molar-refractivity contribution in [3.05, 3.63) is 0 Å². The Balaban J connectivity index is 2.18. The lowest BCUT2D eigenvalue weighted by atomic mass is 10.0. The normalized spacial score (nSPS) is 28.0. The molecule has 0 aliphatic carbocycles. The Morgan fingerprint density at radius 2 is 1.71 bits per heavy atom. The molecule has 182 valence electrons. The maximum atomic E-state index is 12.3.